The molecule has 4 heteroatoms. The summed E-state index contributed by atoms with van der Waals surface area (Å²) in [5.41, 5.74) is 3.77. The van der Waals surface area contributed by atoms with Gasteiger partial charge in [0.25, 0.3) is 5.91 Å². The summed E-state index contributed by atoms with van der Waals surface area (Å²) in [5, 5.41) is 0.959. The molecular weight excluding hydrogens is 312 g/mol. The van der Waals surface area contributed by atoms with E-state index in [-0.39, 0.29) is 5.91 Å². The zero-order valence-electron chi connectivity index (χ0n) is 15.5. The first-order valence-electron chi connectivity index (χ1n) is 9.36. The Labute approximate surface area is 150 Å². The molecule has 1 aliphatic heterocycles. The smallest absolute Gasteiger partial charge is 0.254 e. The Bertz CT molecular complexity index is 751. The molecular formula is C21H28N2O2. The second-order valence-electron chi connectivity index (χ2n) is 7.02. The van der Waals surface area contributed by atoms with E-state index in [2.05, 4.69) is 24.0 Å². The molecule has 1 fully saturated rings. The molecule has 0 aliphatic carbocycles. The van der Waals surface area contributed by atoms with Crippen LogP contribution in [-0.2, 0) is 11.2 Å². The molecule has 0 radical (unpaired) electrons. The summed E-state index contributed by atoms with van der Waals surface area (Å²) in [6.07, 6.45) is 5.68. The first kappa shape index (κ1) is 17.9. The van der Waals surface area contributed by atoms with E-state index in [1.54, 1.807) is 0 Å². The van der Waals surface area contributed by atoms with Crippen molar-refractivity contribution in [3.63, 3.8) is 0 Å². The number of benzene rings is 1. The maximum Gasteiger partial charge on any atom is 0.254 e. The fraction of sp³-hybridized carbons (Fsp3) is 0.524. The lowest BCUT2D eigenvalue weighted by Crippen LogP contribution is -2.28. The van der Waals surface area contributed by atoms with Crippen LogP contribution < -0.4 is 0 Å². The topological polar surface area (TPSA) is 42.4 Å². The Morgan fingerprint density at radius 3 is 2.92 bits per heavy atom. The third-order valence-corrected chi connectivity index (χ3v) is 5.03. The molecule has 3 rings (SSSR count). The highest BCUT2D eigenvalue weighted by molar-refractivity contribution is 6.06. The normalized spacial score (nSPS) is 17.2. The summed E-state index contributed by atoms with van der Waals surface area (Å²) >= 11 is 0. The van der Waals surface area contributed by atoms with Gasteiger partial charge in [-0.15, -0.1) is 0 Å². The molecule has 1 aliphatic rings. The van der Waals surface area contributed by atoms with Crippen LogP contribution in [0.4, 0.5) is 0 Å². The van der Waals surface area contributed by atoms with Gasteiger partial charge in [0.2, 0.25) is 0 Å². The zero-order chi connectivity index (χ0) is 17.8. The van der Waals surface area contributed by atoms with E-state index in [1.807, 2.05) is 31.0 Å². The molecule has 0 N–H and O–H groups in total. The first-order chi connectivity index (χ1) is 12.1. The summed E-state index contributed by atoms with van der Waals surface area (Å²) in [6.45, 7) is 5.72. The van der Waals surface area contributed by atoms with Gasteiger partial charge in [-0.05, 0) is 62.8 Å². The van der Waals surface area contributed by atoms with Gasteiger partial charge in [0.1, 0.15) is 0 Å². The van der Waals surface area contributed by atoms with Gasteiger partial charge >= 0.3 is 0 Å². The van der Waals surface area contributed by atoms with Crippen molar-refractivity contribution in [1.82, 2.24) is 9.88 Å². The van der Waals surface area contributed by atoms with Crippen LogP contribution in [-0.4, -0.2) is 42.1 Å². The minimum absolute atomic E-state index is 0.0797. The van der Waals surface area contributed by atoms with Gasteiger partial charge in [0.05, 0.1) is 17.2 Å². The fourth-order valence-electron chi connectivity index (χ4n) is 3.54. The van der Waals surface area contributed by atoms with Crippen molar-refractivity contribution in [1.29, 1.82) is 0 Å². The number of carbonyl (C=O) groups is 1. The van der Waals surface area contributed by atoms with Crippen LogP contribution in [0.25, 0.3) is 10.9 Å². The van der Waals surface area contributed by atoms with Crippen LogP contribution in [0.3, 0.4) is 0 Å². The lowest BCUT2D eigenvalue weighted by Gasteiger charge is -2.19. The fourth-order valence-corrected chi connectivity index (χ4v) is 3.54. The number of fused-ring (bicyclic) bond motifs is 1. The molecule has 4 nitrogen and oxygen atoms in total. The number of aromatic nitrogens is 1. The van der Waals surface area contributed by atoms with E-state index < -0.39 is 0 Å². The molecule has 0 bridgehead atoms. The van der Waals surface area contributed by atoms with Crippen LogP contribution >= 0.6 is 0 Å². The van der Waals surface area contributed by atoms with Crippen molar-refractivity contribution in [2.75, 3.05) is 20.2 Å². The second-order valence-corrected chi connectivity index (χ2v) is 7.02. The number of hydrogen-bond acceptors (Lipinski definition) is 3. The van der Waals surface area contributed by atoms with Crippen molar-refractivity contribution in [3.05, 3.63) is 41.1 Å². The number of aryl methyl sites for hydroxylation is 2. The number of pyridine rings is 1. The highest BCUT2D eigenvalue weighted by atomic mass is 16.5. The minimum atomic E-state index is 0.0797. The highest BCUT2D eigenvalue weighted by Gasteiger charge is 2.18. The number of ether oxygens (including phenoxy) is 1. The average Bonchev–Trinajstić information content (AvgIpc) is 3.13. The minimum Gasteiger partial charge on any atom is -0.378 e. The summed E-state index contributed by atoms with van der Waals surface area (Å²) in [7, 11) is 1.89. The Hall–Kier alpha value is -1.94. The van der Waals surface area contributed by atoms with Crippen LogP contribution in [0.2, 0.25) is 0 Å². The molecule has 2 heterocycles. The Morgan fingerprint density at radius 2 is 2.20 bits per heavy atom. The van der Waals surface area contributed by atoms with Crippen LogP contribution in [0.1, 0.15) is 54.2 Å². The zero-order valence-corrected chi connectivity index (χ0v) is 15.5. The molecule has 25 heavy (non-hydrogen) atoms. The average molecular weight is 340 g/mol. The largest absolute Gasteiger partial charge is 0.378 e. The number of amides is 1. The van der Waals surface area contributed by atoms with Crippen LogP contribution in [0.5, 0.6) is 0 Å². The van der Waals surface area contributed by atoms with Crippen molar-refractivity contribution >= 4 is 16.8 Å². The molecule has 1 amide bonds. The molecule has 1 aromatic heterocycles. The highest BCUT2D eigenvalue weighted by Crippen LogP contribution is 2.22. The van der Waals surface area contributed by atoms with Crippen LogP contribution in [0.15, 0.2) is 24.3 Å². The molecule has 1 atom stereocenters. The Morgan fingerprint density at radius 1 is 1.36 bits per heavy atom. The third kappa shape index (κ3) is 4.18. The van der Waals surface area contributed by atoms with E-state index in [9.17, 15) is 4.79 Å². The van der Waals surface area contributed by atoms with Crippen molar-refractivity contribution in [2.45, 2.75) is 52.1 Å². The number of carbonyl (C=O) groups excluding carboxylic acids is 1. The summed E-state index contributed by atoms with van der Waals surface area (Å²) in [4.78, 5) is 19.4. The van der Waals surface area contributed by atoms with Gasteiger partial charge in [-0.1, -0.05) is 13.0 Å². The molecule has 134 valence electrons. The molecule has 1 aromatic carbocycles. The van der Waals surface area contributed by atoms with E-state index in [1.165, 1.54) is 12.0 Å². The van der Waals surface area contributed by atoms with Gasteiger partial charge in [-0.2, -0.15) is 0 Å². The SMILES string of the molecule is CCc1ccc2nc(C)cc(C(=O)N(C)CCC[C@@H]3CCCO3)c2c1. The monoisotopic (exact) mass is 340 g/mol. The quantitative estimate of drug-likeness (QED) is 0.794. The van der Waals surface area contributed by atoms with E-state index in [0.29, 0.717) is 6.10 Å². The lowest BCUT2D eigenvalue weighted by atomic mass is 10.0. The van der Waals surface area contributed by atoms with Crippen molar-refractivity contribution in [3.8, 4) is 0 Å². The maximum absolute atomic E-state index is 13.0. The summed E-state index contributed by atoms with van der Waals surface area (Å²) < 4.78 is 5.67. The molecule has 0 unspecified atom stereocenters. The molecule has 2 aromatic rings. The summed E-state index contributed by atoms with van der Waals surface area (Å²) in [5.74, 6) is 0.0797. The van der Waals surface area contributed by atoms with Crippen molar-refractivity contribution < 1.29 is 9.53 Å². The number of nitrogens with zero attached hydrogens (tertiary/aromatic N) is 2. The Kier molecular flexibility index (Phi) is 5.69. The molecule has 1 saturated heterocycles. The number of rotatable bonds is 6. The predicted octanol–water partition coefficient (Wildman–Crippen LogP) is 4.14. The maximum atomic E-state index is 13.0. The molecule has 0 spiro atoms. The van der Waals surface area contributed by atoms with Gasteiger partial charge in [0, 0.05) is 31.3 Å². The van der Waals surface area contributed by atoms with Gasteiger partial charge < -0.3 is 9.64 Å². The van der Waals surface area contributed by atoms with E-state index >= 15 is 0 Å². The second kappa shape index (κ2) is 7.96. The van der Waals surface area contributed by atoms with Crippen molar-refractivity contribution in [2.24, 2.45) is 0 Å². The predicted molar refractivity (Wildman–Crippen MR) is 101 cm³/mol. The van der Waals surface area contributed by atoms with Gasteiger partial charge in [0.15, 0.2) is 0 Å². The van der Waals surface area contributed by atoms with E-state index in [0.717, 1.165) is 61.0 Å². The number of hydrogen-bond donors (Lipinski definition) is 0. The van der Waals surface area contributed by atoms with E-state index in [4.69, 9.17) is 4.74 Å². The lowest BCUT2D eigenvalue weighted by molar-refractivity contribution is 0.0764. The third-order valence-electron chi connectivity index (χ3n) is 5.03. The standard InChI is InChI=1S/C21H28N2O2/c1-4-16-9-10-20-18(14-16)19(13-15(2)22-20)21(24)23(3)11-5-7-17-8-6-12-25-17/h9-10,13-14,17H,4-8,11-12H2,1-3H3/t17-/m1/s1. The van der Waals surface area contributed by atoms with Crippen LogP contribution in [0, 0.1) is 6.92 Å². The van der Waals surface area contributed by atoms with Gasteiger partial charge in [-0.3, -0.25) is 9.78 Å². The Balaban J connectivity index is 1.75. The van der Waals surface area contributed by atoms with Gasteiger partial charge in [-0.25, -0.2) is 0 Å². The summed E-state index contributed by atoms with van der Waals surface area (Å²) in [6, 6.07) is 8.14. The molecule has 0 saturated carbocycles. The first-order valence-corrected chi connectivity index (χ1v) is 9.36.